The molecular formula is C27H31N7O4. The number of piperazine rings is 1. The molecule has 1 saturated heterocycles. The summed E-state index contributed by atoms with van der Waals surface area (Å²) in [6, 6.07) is 14.6. The van der Waals surface area contributed by atoms with E-state index < -0.39 is 12.0 Å². The Balaban J connectivity index is 1.31. The zero-order valence-electron chi connectivity index (χ0n) is 21.7. The highest BCUT2D eigenvalue weighted by Gasteiger charge is 2.33. The van der Waals surface area contributed by atoms with E-state index in [1.54, 1.807) is 17.0 Å². The van der Waals surface area contributed by atoms with Crippen LogP contribution in [0, 0.1) is 0 Å². The fourth-order valence-electron chi connectivity index (χ4n) is 4.80. The Morgan fingerprint density at radius 2 is 1.53 bits per heavy atom. The van der Waals surface area contributed by atoms with Crippen molar-refractivity contribution in [3.63, 3.8) is 0 Å². The lowest BCUT2D eigenvalue weighted by atomic mass is 10.1. The summed E-state index contributed by atoms with van der Waals surface area (Å²) >= 11 is 0. The van der Waals surface area contributed by atoms with Gasteiger partial charge < -0.3 is 30.0 Å². The summed E-state index contributed by atoms with van der Waals surface area (Å²) in [5, 5.41) is 16.5. The van der Waals surface area contributed by atoms with E-state index >= 15 is 0 Å². The van der Waals surface area contributed by atoms with E-state index in [1.807, 2.05) is 55.4 Å². The van der Waals surface area contributed by atoms with Gasteiger partial charge in [0.15, 0.2) is 5.82 Å². The number of amides is 2. The standard InChI is InChI=1S/C27H31N7O4/c1-30(2)20-8-4-18(5-9-20)25(35)28-24-22-16-33(17-23(22)34(29-24)27(37)38)26(36)19-6-10-21(11-7-19)32-14-12-31(3)13-15-32/h4-11H,12-17H2,1-3H3,(H,37,38)(H,28,29,35). The number of carbonyl (C=O) groups excluding carboxylic acids is 2. The topological polar surface area (TPSA) is 114 Å². The lowest BCUT2D eigenvalue weighted by Crippen LogP contribution is -2.44. The van der Waals surface area contributed by atoms with Crippen LogP contribution in [0.3, 0.4) is 0 Å². The number of rotatable bonds is 5. The minimum atomic E-state index is -1.28. The second kappa shape index (κ2) is 10.2. The molecule has 2 aliphatic heterocycles. The molecule has 1 aromatic heterocycles. The maximum atomic E-state index is 13.3. The summed E-state index contributed by atoms with van der Waals surface area (Å²) < 4.78 is 0.837. The normalized spacial score (nSPS) is 15.3. The highest BCUT2D eigenvalue weighted by atomic mass is 16.4. The number of nitrogens with zero attached hydrogens (tertiary/aromatic N) is 6. The number of aromatic nitrogens is 2. The fraction of sp³-hybridized carbons (Fsp3) is 0.333. The lowest BCUT2D eigenvalue weighted by molar-refractivity contribution is 0.0747. The van der Waals surface area contributed by atoms with E-state index in [1.165, 1.54) is 0 Å². The van der Waals surface area contributed by atoms with Crippen LogP contribution in [0.25, 0.3) is 0 Å². The van der Waals surface area contributed by atoms with E-state index in [0.717, 1.165) is 42.2 Å². The van der Waals surface area contributed by atoms with Crippen LogP contribution in [-0.4, -0.2) is 89.9 Å². The number of carbonyl (C=O) groups is 3. The van der Waals surface area contributed by atoms with Gasteiger partial charge in [0.05, 0.1) is 18.8 Å². The van der Waals surface area contributed by atoms with Gasteiger partial charge in [0.2, 0.25) is 0 Å². The summed E-state index contributed by atoms with van der Waals surface area (Å²) in [5.74, 6) is -0.471. The van der Waals surface area contributed by atoms with Gasteiger partial charge in [-0.15, -0.1) is 5.10 Å². The molecule has 0 bridgehead atoms. The predicted molar refractivity (Wildman–Crippen MR) is 144 cm³/mol. The Morgan fingerprint density at radius 1 is 0.895 bits per heavy atom. The molecule has 198 valence electrons. The van der Waals surface area contributed by atoms with Gasteiger partial charge in [-0.3, -0.25) is 9.59 Å². The van der Waals surface area contributed by atoms with Gasteiger partial charge in [0, 0.05) is 68.3 Å². The Labute approximate surface area is 220 Å². The molecular weight excluding hydrogens is 486 g/mol. The Hall–Kier alpha value is -4.38. The van der Waals surface area contributed by atoms with Gasteiger partial charge in [0.25, 0.3) is 11.8 Å². The first-order chi connectivity index (χ1) is 18.2. The van der Waals surface area contributed by atoms with Crippen molar-refractivity contribution >= 4 is 35.1 Å². The van der Waals surface area contributed by atoms with Gasteiger partial charge in [0.1, 0.15) is 0 Å². The van der Waals surface area contributed by atoms with Crippen LogP contribution in [0.4, 0.5) is 22.0 Å². The van der Waals surface area contributed by atoms with Gasteiger partial charge >= 0.3 is 6.09 Å². The molecule has 0 spiro atoms. The highest BCUT2D eigenvalue weighted by Crippen LogP contribution is 2.31. The molecule has 1 fully saturated rings. The summed E-state index contributed by atoms with van der Waals surface area (Å²) in [4.78, 5) is 46.1. The largest absolute Gasteiger partial charge is 0.463 e. The lowest BCUT2D eigenvalue weighted by Gasteiger charge is -2.34. The summed E-state index contributed by atoms with van der Waals surface area (Å²) in [6.45, 7) is 4.09. The molecule has 0 saturated carbocycles. The third-order valence-corrected chi connectivity index (χ3v) is 7.11. The second-order valence-electron chi connectivity index (χ2n) is 9.86. The maximum absolute atomic E-state index is 13.3. The van der Waals surface area contributed by atoms with Crippen molar-refractivity contribution in [2.24, 2.45) is 0 Å². The summed E-state index contributed by atoms with van der Waals surface area (Å²) in [5.41, 5.74) is 3.86. The Kier molecular flexibility index (Phi) is 6.77. The van der Waals surface area contributed by atoms with Gasteiger partial charge in [-0.25, -0.2) is 4.79 Å². The monoisotopic (exact) mass is 517 g/mol. The van der Waals surface area contributed by atoms with Gasteiger partial charge in [-0.05, 0) is 55.6 Å². The molecule has 0 unspecified atom stereocenters. The van der Waals surface area contributed by atoms with Crippen molar-refractivity contribution in [2.75, 3.05) is 62.4 Å². The molecule has 2 aliphatic rings. The average Bonchev–Trinajstić information content (AvgIpc) is 3.49. The molecule has 0 radical (unpaired) electrons. The highest BCUT2D eigenvalue weighted by molar-refractivity contribution is 6.04. The molecule has 5 rings (SSSR count). The van der Waals surface area contributed by atoms with Crippen LogP contribution in [-0.2, 0) is 13.1 Å². The van der Waals surface area contributed by atoms with E-state index in [2.05, 4.69) is 27.3 Å². The molecule has 0 atom stereocenters. The van der Waals surface area contributed by atoms with Crippen LogP contribution in [0.2, 0.25) is 0 Å². The zero-order chi connectivity index (χ0) is 27.0. The number of anilines is 3. The average molecular weight is 518 g/mol. The van der Waals surface area contributed by atoms with Crippen molar-refractivity contribution in [2.45, 2.75) is 13.1 Å². The molecule has 2 N–H and O–H groups in total. The Bertz CT molecular complexity index is 1360. The van der Waals surface area contributed by atoms with E-state index in [-0.39, 0.29) is 24.8 Å². The molecule has 38 heavy (non-hydrogen) atoms. The number of hydrogen-bond donors (Lipinski definition) is 2. The van der Waals surface area contributed by atoms with Crippen molar-refractivity contribution in [3.8, 4) is 0 Å². The maximum Gasteiger partial charge on any atom is 0.432 e. The zero-order valence-corrected chi connectivity index (χ0v) is 21.7. The van der Waals surface area contributed by atoms with Gasteiger partial charge in [-0.1, -0.05) is 0 Å². The van der Waals surface area contributed by atoms with Crippen molar-refractivity contribution in [3.05, 3.63) is 70.9 Å². The predicted octanol–water partition coefficient (Wildman–Crippen LogP) is 2.64. The minimum Gasteiger partial charge on any atom is -0.463 e. The first-order valence-electron chi connectivity index (χ1n) is 12.5. The third kappa shape index (κ3) is 4.92. The number of hydrogen-bond acceptors (Lipinski definition) is 7. The van der Waals surface area contributed by atoms with E-state index in [0.29, 0.717) is 22.4 Å². The van der Waals surface area contributed by atoms with Crippen molar-refractivity contribution in [1.29, 1.82) is 0 Å². The van der Waals surface area contributed by atoms with Crippen LogP contribution in [0.5, 0.6) is 0 Å². The molecule has 11 heteroatoms. The molecule has 2 amide bonds. The van der Waals surface area contributed by atoms with E-state index in [4.69, 9.17) is 0 Å². The van der Waals surface area contributed by atoms with Crippen LogP contribution >= 0.6 is 0 Å². The van der Waals surface area contributed by atoms with E-state index in [9.17, 15) is 19.5 Å². The van der Waals surface area contributed by atoms with Gasteiger partial charge in [-0.2, -0.15) is 4.68 Å². The van der Waals surface area contributed by atoms with Crippen LogP contribution in [0.1, 0.15) is 32.0 Å². The number of fused-ring (bicyclic) bond motifs is 1. The van der Waals surface area contributed by atoms with Crippen molar-refractivity contribution in [1.82, 2.24) is 19.6 Å². The third-order valence-electron chi connectivity index (χ3n) is 7.11. The second-order valence-corrected chi connectivity index (χ2v) is 9.86. The molecule has 11 nitrogen and oxygen atoms in total. The number of benzene rings is 2. The summed E-state index contributed by atoms with van der Waals surface area (Å²) in [6.07, 6.45) is -1.28. The molecule has 0 aliphatic carbocycles. The quantitative estimate of drug-likeness (QED) is 0.531. The molecule has 2 aromatic carbocycles. The van der Waals surface area contributed by atoms with Crippen molar-refractivity contribution < 1.29 is 19.5 Å². The minimum absolute atomic E-state index is 0.0844. The smallest absolute Gasteiger partial charge is 0.432 e. The van der Waals surface area contributed by atoms with Crippen LogP contribution in [0.15, 0.2) is 48.5 Å². The first kappa shape index (κ1) is 25.3. The van der Waals surface area contributed by atoms with Crippen LogP contribution < -0.4 is 15.1 Å². The Morgan fingerprint density at radius 3 is 2.13 bits per heavy atom. The SMILES string of the molecule is CN1CCN(c2ccc(C(=O)N3Cc4c(NC(=O)c5ccc(N(C)C)cc5)nn(C(=O)O)c4C3)cc2)CC1. The molecule has 3 heterocycles. The summed E-state index contributed by atoms with van der Waals surface area (Å²) in [7, 11) is 5.92. The number of likely N-dealkylation sites (N-methyl/N-ethyl adjacent to an activating group) is 1. The first-order valence-corrected chi connectivity index (χ1v) is 12.5. The number of nitrogens with one attached hydrogen (secondary N) is 1. The fourth-order valence-corrected chi connectivity index (χ4v) is 4.80. The molecule has 3 aromatic rings. The number of carboxylic acid groups (broad SMARTS) is 1.